The number of fused-ring (bicyclic) bond motifs is 1. The van der Waals surface area contributed by atoms with Gasteiger partial charge in [-0.1, -0.05) is 11.6 Å². The van der Waals surface area contributed by atoms with E-state index in [-0.39, 0.29) is 0 Å². The van der Waals surface area contributed by atoms with Gasteiger partial charge in [0.2, 0.25) is 0 Å². The fourth-order valence-corrected chi connectivity index (χ4v) is 2.44. The van der Waals surface area contributed by atoms with Gasteiger partial charge in [0.1, 0.15) is 17.5 Å². The zero-order valence-corrected chi connectivity index (χ0v) is 10.3. The minimum atomic E-state index is -0.712. The number of aromatic amines is 1. The molecular formula is C12H12ClN3O2. The molecule has 0 radical (unpaired) electrons. The van der Waals surface area contributed by atoms with Gasteiger partial charge in [-0.2, -0.15) is 15.4 Å². The standard InChI is InChI=1S/C12H12ClN3O2/c13-9-3-7-1-2-18-12(7)8(4-9)5-11(17)10-6-14-16-15-10/h3-4,6,11,17H,1-2,5H2,(H,14,15,16). The lowest BCUT2D eigenvalue weighted by Gasteiger charge is -2.11. The molecule has 0 bridgehead atoms. The Bertz CT molecular complexity index is 557. The van der Waals surface area contributed by atoms with E-state index in [9.17, 15) is 5.11 Å². The molecule has 6 heteroatoms. The van der Waals surface area contributed by atoms with Gasteiger partial charge >= 0.3 is 0 Å². The third-order valence-electron chi connectivity index (χ3n) is 3.01. The lowest BCUT2D eigenvalue weighted by molar-refractivity contribution is 0.172. The molecule has 1 aromatic carbocycles. The van der Waals surface area contributed by atoms with Crippen molar-refractivity contribution in [2.24, 2.45) is 0 Å². The van der Waals surface area contributed by atoms with Crippen molar-refractivity contribution in [2.45, 2.75) is 18.9 Å². The van der Waals surface area contributed by atoms with Crippen molar-refractivity contribution in [2.75, 3.05) is 6.61 Å². The Morgan fingerprint density at radius 1 is 1.50 bits per heavy atom. The SMILES string of the molecule is OC(Cc1cc(Cl)cc2c1OCC2)c1cn[nH]n1. The van der Waals surface area contributed by atoms with Crippen molar-refractivity contribution in [1.82, 2.24) is 15.4 Å². The van der Waals surface area contributed by atoms with Crippen LogP contribution < -0.4 is 4.74 Å². The second-order valence-corrected chi connectivity index (χ2v) is 4.70. The molecule has 0 fully saturated rings. The highest BCUT2D eigenvalue weighted by Gasteiger charge is 2.21. The van der Waals surface area contributed by atoms with E-state index in [1.807, 2.05) is 12.1 Å². The molecule has 2 heterocycles. The second-order valence-electron chi connectivity index (χ2n) is 4.27. The fourth-order valence-electron chi connectivity index (χ4n) is 2.18. The number of benzene rings is 1. The number of halogens is 1. The van der Waals surface area contributed by atoms with Gasteiger partial charge in [-0.25, -0.2) is 0 Å². The number of aliphatic hydroxyl groups excluding tert-OH is 1. The van der Waals surface area contributed by atoms with Crippen LogP contribution in [-0.4, -0.2) is 27.1 Å². The molecule has 94 valence electrons. The van der Waals surface area contributed by atoms with E-state index in [0.717, 1.165) is 23.3 Å². The van der Waals surface area contributed by atoms with Crippen LogP contribution in [0.4, 0.5) is 0 Å². The van der Waals surface area contributed by atoms with Crippen LogP contribution in [0.1, 0.15) is 22.9 Å². The summed E-state index contributed by atoms with van der Waals surface area (Å²) in [6, 6.07) is 3.74. The zero-order chi connectivity index (χ0) is 12.5. The number of H-pyrrole nitrogens is 1. The summed E-state index contributed by atoms with van der Waals surface area (Å²) >= 11 is 6.07. The Labute approximate surface area is 109 Å². The first kappa shape index (κ1) is 11.5. The maximum Gasteiger partial charge on any atom is 0.126 e. The first-order valence-corrected chi connectivity index (χ1v) is 6.09. The average Bonchev–Trinajstić information content (AvgIpc) is 2.98. The molecule has 0 amide bonds. The molecule has 2 aromatic rings. The van der Waals surface area contributed by atoms with Gasteiger partial charge in [0.25, 0.3) is 0 Å². The van der Waals surface area contributed by atoms with Gasteiger partial charge in [0.15, 0.2) is 0 Å². The van der Waals surface area contributed by atoms with Gasteiger partial charge in [-0.15, -0.1) is 0 Å². The Balaban J connectivity index is 1.89. The summed E-state index contributed by atoms with van der Waals surface area (Å²) in [5.41, 5.74) is 2.53. The van der Waals surface area contributed by atoms with E-state index < -0.39 is 6.10 Å². The van der Waals surface area contributed by atoms with Crippen LogP contribution in [0, 0.1) is 0 Å². The summed E-state index contributed by atoms with van der Waals surface area (Å²) in [6.07, 6.45) is 2.07. The summed E-state index contributed by atoms with van der Waals surface area (Å²) in [7, 11) is 0. The molecule has 2 N–H and O–H groups in total. The van der Waals surface area contributed by atoms with Gasteiger partial charge in [-0.05, 0) is 23.3 Å². The number of aliphatic hydroxyl groups is 1. The Hall–Kier alpha value is -1.59. The minimum Gasteiger partial charge on any atom is -0.493 e. The lowest BCUT2D eigenvalue weighted by atomic mass is 10.0. The van der Waals surface area contributed by atoms with E-state index in [1.165, 1.54) is 6.20 Å². The predicted molar refractivity (Wildman–Crippen MR) is 65.7 cm³/mol. The monoisotopic (exact) mass is 265 g/mol. The molecule has 18 heavy (non-hydrogen) atoms. The van der Waals surface area contributed by atoms with Crippen molar-refractivity contribution in [3.63, 3.8) is 0 Å². The first-order valence-electron chi connectivity index (χ1n) is 5.72. The fraction of sp³-hybridized carbons (Fsp3) is 0.333. The Morgan fingerprint density at radius 2 is 2.39 bits per heavy atom. The molecule has 3 rings (SSSR count). The molecule has 0 saturated heterocycles. The van der Waals surface area contributed by atoms with Crippen LogP contribution in [0.15, 0.2) is 18.3 Å². The largest absolute Gasteiger partial charge is 0.493 e. The molecular weight excluding hydrogens is 254 g/mol. The summed E-state index contributed by atoms with van der Waals surface area (Å²) in [5, 5.41) is 20.8. The van der Waals surface area contributed by atoms with Gasteiger partial charge in [0, 0.05) is 17.9 Å². The molecule has 1 atom stereocenters. The number of nitrogens with one attached hydrogen (secondary N) is 1. The highest BCUT2D eigenvalue weighted by Crippen LogP contribution is 2.34. The smallest absolute Gasteiger partial charge is 0.126 e. The average molecular weight is 266 g/mol. The molecule has 0 spiro atoms. The molecule has 1 aliphatic rings. The van der Waals surface area contributed by atoms with Gasteiger partial charge in [0.05, 0.1) is 12.8 Å². The van der Waals surface area contributed by atoms with E-state index in [0.29, 0.717) is 23.7 Å². The number of hydrogen-bond donors (Lipinski definition) is 2. The molecule has 1 unspecified atom stereocenters. The summed E-state index contributed by atoms with van der Waals surface area (Å²) in [5.74, 6) is 0.849. The molecule has 0 aliphatic carbocycles. The van der Waals surface area contributed by atoms with Crippen molar-refractivity contribution >= 4 is 11.6 Å². The zero-order valence-electron chi connectivity index (χ0n) is 9.56. The van der Waals surface area contributed by atoms with Crippen LogP contribution in [-0.2, 0) is 12.8 Å². The van der Waals surface area contributed by atoms with E-state index in [4.69, 9.17) is 16.3 Å². The van der Waals surface area contributed by atoms with Crippen LogP contribution in [0.2, 0.25) is 5.02 Å². The molecule has 1 aromatic heterocycles. The number of aromatic nitrogens is 3. The van der Waals surface area contributed by atoms with Crippen molar-refractivity contribution in [3.8, 4) is 5.75 Å². The van der Waals surface area contributed by atoms with Crippen molar-refractivity contribution in [1.29, 1.82) is 0 Å². The third kappa shape index (κ3) is 2.07. The number of hydrogen-bond acceptors (Lipinski definition) is 4. The summed E-state index contributed by atoms with van der Waals surface area (Å²) < 4.78 is 5.59. The third-order valence-corrected chi connectivity index (χ3v) is 3.23. The highest BCUT2D eigenvalue weighted by molar-refractivity contribution is 6.30. The molecule has 0 saturated carbocycles. The van der Waals surface area contributed by atoms with Crippen LogP contribution in [0.25, 0.3) is 0 Å². The van der Waals surface area contributed by atoms with Crippen LogP contribution in [0.3, 0.4) is 0 Å². The van der Waals surface area contributed by atoms with Crippen molar-refractivity contribution < 1.29 is 9.84 Å². The minimum absolute atomic E-state index is 0.412. The van der Waals surface area contributed by atoms with Crippen molar-refractivity contribution in [3.05, 3.63) is 40.2 Å². The highest BCUT2D eigenvalue weighted by atomic mass is 35.5. The molecule has 1 aliphatic heterocycles. The normalized spacial score (nSPS) is 15.2. The predicted octanol–water partition coefficient (Wildman–Crippen LogP) is 1.67. The van der Waals surface area contributed by atoms with Gasteiger partial charge in [-0.3, -0.25) is 0 Å². The number of nitrogens with zero attached hydrogens (tertiary/aromatic N) is 2. The maximum absolute atomic E-state index is 10.1. The molecule has 5 nitrogen and oxygen atoms in total. The van der Waals surface area contributed by atoms with Gasteiger partial charge < -0.3 is 9.84 Å². The topological polar surface area (TPSA) is 71.0 Å². The Morgan fingerprint density at radius 3 is 3.17 bits per heavy atom. The van der Waals surface area contributed by atoms with E-state index in [2.05, 4.69) is 15.4 Å². The number of rotatable bonds is 3. The summed E-state index contributed by atoms with van der Waals surface area (Å²) in [4.78, 5) is 0. The van der Waals surface area contributed by atoms with Crippen LogP contribution in [0.5, 0.6) is 5.75 Å². The van der Waals surface area contributed by atoms with E-state index in [1.54, 1.807) is 0 Å². The maximum atomic E-state index is 10.1. The first-order chi connectivity index (χ1) is 8.74. The summed E-state index contributed by atoms with van der Waals surface area (Å²) in [6.45, 7) is 0.669. The Kier molecular flexibility index (Phi) is 2.93. The lowest BCUT2D eigenvalue weighted by Crippen LogP contribution is -2.04. The number of ether oxygens (including phenoxy) is 1. The van der Waals surface area contributed by atoms with Crippen LogP contribution >= 0.6 is 11.6 Å². The van der Waals surface area contributed by atoms with E-state index >= 15 is 0 Å². The second kappa shape index (κ2) is 4.59. The quantitative estimate of drug-likeness (QED) is 0.886.